The summed E-state index contributed by atoms with van der Waals surface area (Å²) >= 11 is 0. The summed E-state index contributed by atoms with van der Waals surface area (Å²) in [5, 5.41) is 9.12. The molecule has 1 atom stereocenters. The van der Waals surface area contributed by atoms with Gasteiger partial charge in [-0.3, -0.25) is 9.59 Å². The molecule has 98 valence electrons. The molecule has 1 aromatic carbocycles. The maximum Gasteiger partial charge on any atom is 0.316 e. The second kappa shape index (κ2) is 5.67. The number of nitrogens with zero attached hydrogens (tertiary/aromatic N) is 1. The van der Waals surface area contributed by atoms with Gasteiger partial charge in [-0.05, 0) is 30.5 Å². The second-order valence-corrected chi connectivity index (χ2v) is 4.80. The Hall–Kier alpha value is -1.84. The van der Waals surface area contributed by atoms with Crippen molar-refractivity contribution in [2.24, 2.45) is 11.8 Å². The molecule has 1 aromatic rings. The average Bonchev–Trinajstić information content (AvgIpc) is 2.26. The molecule has 0 aromatic heterocycles. The van der Waals surface area contributed by atoms with Crippen LogP contribution in [0.4, 0.5) is 5.69 Å². The van der Waals surface area contributed by atoms with Gasteiger partial charge >= 0.3 is 5.97 Å². The van der Waals surface area contributed by atoms with Crippen molar-refractivity contribution in [3.05, 3.63) is 29.8 Å². The number of carboxylic acids is 1. The standard InChI is InChI=1S/C14H19NO3/c1-9(2)12(14(17)18)13(16)15(4)11-7-5-6-10(3)8-11/h5-9,12H,1-4H3,(H,17,18). The quantitative estimate of drug-likeness (QED) is 0.833. The molecule has 1 rings (SSSR count). The van der Waals surface area contributed by atoms with Crippen LogP contribution in [0.5, 0.6) is 0 Å². The lowest BCUT2D eigenvalue weighted by Crippen LogP contribution is -2.39. The zero-order chi connectivity index (χ0) is 13.9. The monoisotopic (exact) mass is 249 g/mol. The van der Waals surface area contributed by atoms with E-state index in [1.807, 2.05) is 25.1 Å². The fourth-order valence-corrected chi connectivity index (χ4v) is 1.85. The second-order valence-electron chi connectivity index (χ2n) is 4.80. The summed E-state index contributed by atoms with van der Waals surface area (Å²) in [6.45, 7) is 5.40. The van der Waals surface area contributed by atoms with E-state index >= 15 is 0 Å². The zero-order valence-corrected chi connectivity index (χ0v) is 11.2. The fraction of sp³-hybridized carbons (Fsp3) is 0.429. The van der Waals surface area contributed by atoms with Gasteiger partial charge in [-0.2, -0.15) is 0 Å². The number of amides is 1. The number of aliphatic carboxylic acids is 1. The van der Waals surface area contributed by atoms with E-state index in [9.17, 15) is 9.59 Å². The minimum atomic E-state index is -1.07. The number of carboxylic acid groups (broad SMARTS) is 1. The smallest absolute Gasteiger partial charge is 0.316 e. The van der Waals surface area contributed by atoms with Gasteiger partial charge in [0.25, 0.3) is 0 Å². The lowest BCUT2D eigenvalue weighted by molar-refractivity contribution is -0.147. The van der Waals surface area contributed by atoms with Crippen molar-refractivity contribution < 1.29 is 14.7 Å². The minimum Gasteiger partial charge on any atom is -0.481 e. The number of hydrogen-bond acceptors (Lipinski definition) is 2. The first-order valence-corrected chi connectivity index (χ1v) is 5.91. The summed E-state index contributed by atoms with van der Waals surface area (Å²) in [6, 6.07) is 7.43. The van der Waals surface area contributed by atoms with Crippen molar-refractivity contribution in [1.29, 1.82) is 0 Å². The molecule has 0 spiro atoms. The van der Waals surface area contributed by atoms with Gasteiger partial charge in [-0.1, -0.05) is 26.0 Å². The summed E-state index contributed by atoms with van der Waals surface area (Å²) in [4.78, 5) is 24.7. The lowest BCUT2D eigenvalue weighted by atomic mass is 9.94. The first kappa shape index (κ1) is 14.2. The molecule has 0 saturated carbocycles. The van der Waals surface area contributed by atoms with E-state index in [2.05, 4.69) is 0 Å². The van der Waals surface area contributed by atoms with Crippen molar-refractivity contribution in [2.45, 2.75) is 20.8 Å². The van der Waals surface area contributed by atoms with E-state index in [0.29, 0.717) is 5.69 Å². The van der Waals surface area contributed by atoms with Gasteiger partial charge in [0, 0.05) is 12.7 Å². The summed E-state index contributed by atoms with van der Waals surface area (Å²) in [5.41, 5.74) is 1.75. The van der Waals surface area contributed by atoms with Gasteiger partial charge in [0.05, 0.1) is 0 Å². The maximum atomic E-state index is 12.2. The van der Waals surface area contributed by atoms with E-state index in [0.717, 1.165) is 5.56 Å². The SMILES string of the molecule is Cc1cccc(N(C)C(=O)C(C(=O)O)C(C)C)c1. The Balaban J connectivity index is 2.99. The normalized spacial score (nSPS) is 12.3. The van der Waals surface area contributed by atoms with Crippen LogP contribution in [0.15, 0.2) is 24.3 Å². The number of hydrogen-bond donors (Lipinski definition) is 1. The Morgan fingerprint density at radius 1 is 1.28 bits per heavy atom. The van der Waals surface area contributed by atoms with Crippen molar-refractivity contribution in [3.8, 4) is 0 Å². The highest BCUT2D eigenvalue weighted by molar-refractivity contribution is 6.05. The number of carbonyl (C=O) groups excluding carboxylic acids is 1. The van der Waals surface area contributed by atoms with Gasteiger partial charge in [0.1, 0.15) is 5.92 Å². The van der Waals surface area contributed by atoms with Crippen molar-refractivity contribution in [3.63, 3.8) is 0 Å². The molecule has 1 N–H and O–H groups in total. The van der Waals surface area contributed by atoms with Gasteiger partial charge < -0.3 is 10.0 Å². The number of benzene rings is 1. The average molecular weight is 249 g/mol. The van der Waals surface area contributed by atoms with Gasteiger partial charge in [0.15, 0.2) is 0 Å². The third kappa shape index (κ3) is 3.09. The third-order valence-corrected chi connectivity index (χ3v) is 2.92. The largest absolute Gasteiger partial charge is 0.481 e. The van der Waals surface area contributed by atoms with Crippen LogP contribution in [0.1, 0.15) is 19.4 Å². The molecule has 18 heavy (non-hydrogen) atoms. The molecule has 0 radical (unpaired) electrons. The Morgan fingerprint density at radius 3 is 2.33 bits per heavy atom. The molecule has 0 bridgehead atoms. The number of carbonyl (C=O) groups is 2. The van der Waals surface area contributed by atoms with Gasteiger partial charge in [0.2, 0.25) is 5.91 Å². The molecular formula is C14H19NO3. The van der Waals surface area contributed by atoms with E-state index < -0.39 is 11.9 Å². The number of aryl methyl sites for hydroxylation is 1. The van der Waals surface area contributed by atoms with Crippen LogP contribution in [-0.4, -0.2) is 24.0 Å². The topological polar surface area (TPSA) is 57.6 Å². The van der Waals surface area contributed by atoms with Crippen LogP contribution in [0.25, 0.3) is 0 Å². The molecule has 4 nitrogen and oxygen atoms in total. The highest BCUT2D eigenvalue weighted by atomic mass is 16.4. The third-order valence-electron chi connectivity index (χ3n) is 2.92. The molecule has 0 heterocycles. The van der Waals surface area contributed by atoms with Crippen molar-refractivity contribution in [1.82, 2.24) is 0 Å². The lowest BCUT2D eigenvalue weighted by Gasteiger charge is -2.23. The molecule has 4 heteroatoms. The fourth-order valence-electron chi connectivity index (χ4n) is 1.85. The summed E-state index contributed by atoms with van der Waals surface area (Å²) in [6.07, 6.45) is 0. The number of rotatable bonds is 4. The molecule has 0 aliphatic rings. The maximum absolute atomic E-state index is 12.2. The molecule has 0 saturated heterocycles. The number of anilines is 1. The van der Waals surface area contributed by atoms with Crippen molar-refractivity contribution >= 4 is 17.6 Å². The molecule has 0 fully saturated rings. The van der Waals surface area contributed by atoms with Gasteiger partial charge in [-0.15, -0.1) is 0 Å². The molecule has 0 aliphatic heterocycles. The van der Waals surface area contributed by atoms with Crippen molar-refractivity contribution in [2.75, 3.05) is 11.9 Å². The molecule has 1 amide bonds. The van der Waals surface area contributed by atoms with Crippen LogP contribution < -0.4 is 4.90 Å². The summed E-state index contributed by atoms with van der Waals surface area (Å²) in [7, 11) is 1.61. The highest BCUT2D eigenvalue weighted by Crippen LogP contribution is 2.20. The van der Waals surface area contributed by atoms with Crippen LogP contribution in [0.2, 0.25) is 0 Å². The van der Waals surface area contributed by atoms with E-state index in [1.165, 1.54) is 4.90 Å². The molecule has 0 aliphatic carbocycles. The van der Waals surface area contributed by atoms with E-state index in [4.69, 9.17) is 5.11 Å². The highest BCUT2D eigenvalue weighted by Gasteiger charge is 2.32. The Bertz CT molecular complexity index is 454. The first-order valence-electron chi connectivity index (χ1n) is 5.91. The predicted octanol–water partition coefficient (Wildman–Crippen LogP) is 2.31. The first-order chi connectivity index (χ1) is 8.34. The Kier molecular flexibility index (Phi) is 4.48. The predicted molar refractivity (Wildman–Crippen MR) is 70.6 cm³/mol. The Labute approximate surface area is 107 Å². The summed E-state index contributed by atoms with van der Waals surface area (Å²) in [5.74, 6) is -2.70. The zero-order valence-electron chi connectivity index (χ0n) is 11.2. The van der Waals surface area contributed by atoms with Crippen LogP contribution >= 0.6 is 0 Å². The van der Waals surface area contributed by atoms with Crippen LogP contribution in [-0.2, 0) is 9.59 Å². The Morgan fingerprint density at radius 2 is 1.89 bits per heavy atom. The van der Waals surface area contributed by atoms with E-state index in [1.54, 1.807) is 27.0 Å². The summed E-state index contributed by atoms with van der Waals surface area (Å²) < 4.78 is 0. The molecular weight excluding hydrogens is 230 g/mol. The molecule has 1 unspecified atom stereocenters. The van der Waals surface area contributed by atoms with Crippen LogP contribution in [0.3, 0.4) is 0 Å². The van der Waals surface area contributed by atoms with Gasteiger partial charge in [-0.25, -0.2) is 0 Å². The minimum absolute atomic E-state index is 0.234. The van der Waals surface area contributed by atoms with Crippen LogP contribution in [0, 0.1) is 18.8 Å². The van der Waals surface area contributed by atoms with E-state index in [-0.39, 0.29) is 11.8 Å².